The van der Waals surface area contributed by atoms with Crippen molar-refractivity contribution >= 4 is 17.3 Å². The zero-order chi connectivity index (χ0) is 12.1. The van der Waals surface area contributed by atoms with Gasteiger partial charge in [-0.25, -0.2) is 0 Å². The van der Waals surface area contributed by atoms with Crippen LogP contribution >= 0.6 is 11.6 Å². The average Bonchev–Trinajstić information content (AvgIpc) is 2.27. The third-order valence-electron chi connectivity index (χ3n) is 2.19. The van der Waals surface area contributed by atoms with Crippen molar-refractivity contribution in [2.75, 3.05) is 14.2 Å². The van der Waals surface area contributed by atoms with Crippen LogP contribution in [0.15, 0.2) is 18.2 Å². The van der Waals surface area contributed by atoms with Crippen LogP contribution in [0.4, 0.5) is 5.69 Å². The van der Waals surface area contributed by atoms with Crippen LogP contribution in [-0.2, 0) is 15.9 Å². The second kappa shape index (κ2) is 5.79. The maximum atomic E-state index is 10.8. The Morgan fingerprint density at radius 3 is 2.56 bits per heavy atom. The van der Waals surface area contributed by atoms with Crippen molar-refractivity contribution in [3.8, 4) is 0 Å². The zero-order valence-corrected chi connectivity index (χ0v) is 9.73. The van der Waals surface area contributed by atoms with E-state index in [1.54, 1.807) is 12.1 Å². The van der Waals surface area contributed by atoms with Gasteiger partial charge in [0.2, 0.25) is 0 Å². The van der Waals surface area contributed by atoms with E-state index in [0.717, 1.165) is 0 Å². The minimum Gasteiger partial charge on any atom is -0.356 e. The molecule has 0 radical (unpaired) electrons. The highest BCUT2D eigenvalue weighted by molar-refractivity contribution is 6.31. The first kappa shape index (κ1) is 12.9. The number of hydrogen-bond acceptors (Lipinski definition) is 4. The normalized spacial score (nSPS) is 10.8. The highest BCUT2D eigenvalue weighted by atomic mass is 35.5. The van der Waals surface area contributed by atoms with Crippen LogP contribution in [0.3, 0.4) is 0 Å². The molecule has 0 amide bonds. The molecule has 0 saturated heterocycles. The van der Waals surface area contributed by atoms with Crippen LogP contribution in [-0.4, -0.2) is 25.4 Å². The van der Waals surface area contributed by atoms with Gasteiger partial charge in [0, 0.05) is 26.7 Å². The molecule has 0 unspecified atom stereocenters. The molecule has 16 heavy (non-hydrogen) atoms. The number of methoxy groups -OCH3 is 2. The third kappa shape index (κ3) is 2.91. The summed E-state index contributed by atoms with van der Waals surface area (Å²) < 4.78 is 9.98. The minimum atomic E-state index is -0.543. The molecule has 0 aromatic heterocycles. The predicted molar refractivity (Wildman–Crippen MR) is 59.6 cm³/mol. The van der Waals surface area contributed by atoms with Crippen LogP contribution in [0.2, 0.25) is 5.02 Å². The zero-order valence-electron chi connectivity index (χ0n) is 8.97. The number of ether oxygens (including phenoxy) is 2. The number of nitrogens with zero attached hydrogens (tertiary/aromatic N) is 1. The van der Waals surface area contributed by atoms with Crippen LogP contribution < -0.4 is 0 Å². The lowest BCUT2D eigenvalue weighted by molar-refractivity contribution is -0.385. The molecule has 0 heterocycles. The summed E-state index contributed by atoms with van der Waals surface area (Å²) in [5.74, 6) is 0. The quantitative estimate of drug-likeness (QED) is 0.454. The van der Waals surface area contributed by atoms with E-state index in [0.29, 0.717) is 10.6 Å². The average molecular weight is 246 g/mol. The van der Waals surface area contributed by atoms with Gasteiger partial charge in [0.05, 0.1) is 15.5 Å². The maximum absolute atomic E-state index is 10.8. The lowest BCUT2D eigenvalue weighted by Gasteiger charge is -2.14. The summed E-state index contributed by atoms with van der Waals surface area (Å²) in [6.45, 7) is 0. The summed E-state index contributed by atoms with van der Waals surface area (Å²) in [5.41, 5.74) is 0.398. The van der Waals surface area contributed by atoms with Gasteiger partial charge in [0.25, 0.3) is 5.69 Å². The first-order valence-electron chi connectivity index (χ1n) is 4.57. The molecule has 1 aromatic carbocycles. The van der Waals surface area contributed by atoms with Gasteiger partial charge < -0.3 is 9.47 Å². The van der Waals surface area contributed by atoms with E-state index in [1.165, 1.54) is 20.3 Å². The molecule has 6 heteroatoms. The van der Waals surface area contributed by atoms with Gasteiger partial charge in [-0.3, -0.25) is 10.1 Å². The third-order valence-corrected chi connectivity index (χ3v) is 2.54. The molecular formula is C10H12ClNO4. The van der Waals surface area contributed by atoms with Crippen molar-refractivity contribution in [1.82, 2.24) is 0 Å². The number of benzene rings is 1. The fourth-order valence-electron chi connectivity index (χ4n) is 1.35. The van der Waals surface area contributed by atoms with Crippen molar-refractivity contribution in [3.05, 3.63) is 38.9 Å². The predicted octanol–water partition coefficient (Wildman–Crippen LogP) is 2.41. The molecule has 5 nitrogen and oxygen atoms in total. The highest BCUT2D eigenvalue weighted by Crippen LogP contribution is 2.27. The monoisotopic (exact) mass is 245 g/mol. The second-order valence-electron chi connectivity index (χ2n) is 3.10. The van der Waals surface area contributed by atoms with Gasteiger partial charge >= 0.3 is 0 Å². The van der Waals surface area contributed by atoms with E-state index >= 15 is 0 Å². The molecule has 88 valence electrons. The first-order chi connectivity index (χ1) is 7.60. The van der Waals surface area contributed by atoms with Gasteiger partial charge in [-0.2, -0.15) is 0 Å². The van der Waals surface area contributed by atoms with Crippen molar-refractivity contribution in [2.45, 2.75) is 12.7 Å². The SMILES string of the molecule is COC(Cc1c(Cl)cccc1[N+](=O)[O-])OC. The molecule has 0 spiro atoms. The van der Waals surface area contributed by atoms with E-state index in [-0.39, 0.29) is 12.1 Å². The highest BCUT2D eigenvalue weighted by Gasteiger charge is 2.20. The standard InChI is InChI=1S/C10H12ClNO4/c1-15-10(16-2)6-7-8(11)4-3-5-9(7)12(13)14/h3-5,10H,6H2,1-2H3. The fourth-order valence-corrected chi connectivity index (χ4v) is 1.60. The number of hydrogen-bond donors (Lipinski definition) is 0. The lowest BCUT2D eigenvalue weighted by Crippen LogP contribution is -2.17. The number of halogens is 1. The van der Waals surface area contributed by atoms with Crippen molar-refractivity contribution in [1.29, 1.82) is 0 Å². The number of nitro groups is 1. The summed E-state index contributed by atoms with van der Waals surface area (Å²) in [7, 11) is 2.94. The van der Waals surface area contributed by atoms with E-state index in [4.69, 9.17) is 21.1 Å². The molecule has 0 aliphatic heterocycles. The molecule has 0 bridgehead atoms. The van der Waals surface area contributed by atoms with Crippen molar-refractivity contribution < 1.29 is 14.4 Å². The number of nitro benzene ring substituents is 1. The van der Waals surface area contributed by atoms with Crippen molar-refractivity contribution in [3.63, 3.8) is 0 Å². The van der Waals surface area contributed by atoms with Gasteiger partial charge in [-0.15, -0.1) is 0 Å². The Labute approximate surface area is 98.1 Å². The number of rotatable bonds is 5. The summed E-state index contributed by atoms with van der Waals surface area (Å²) >= 11 is 5.92. The summed E-state index contributed by atoms with van der Waals surface area (Å²) in [5, 5.41) is 11.1. The topological polar surface area (TPSA) is 61.6 Å². The molecule has 0 N–H and O–H groups in total. The molecule has 0 saturated carbocycles. The molecular weight excluding hydrogens is 234 g/mol. The maximum Gasteiger partial charge on any atom is 0.274 e. The van der Waals surface area contributed by atoms with Gasteiger partial charge in [0.15, 0.2) is 6.29 Å². The Hall–Kier alpha value is -1.17. The Balaban J connectivity index is 3.05. The Morgan fingerprint density at radius 1 is 1.44 bits per heavy atom. The summed E-state index contributed by atoms with van der Waals surface area (Å²) in [6, 6.07) is 4.55. The van der Waals surface area contributed by atoms with E-state index in [9.17, 15) is 10.1 Å². The molecule has 0 aliphatic carbocycles. The summed E-state index contributed by atoms with van der Waals surface area (Å²) in [4.78, 5) is 10.3. The Morgan fingerprint density at radius 2 is 2.06 bits per heavy atom. The van der Waals surface area contributed by atoms with E-state index in [2.05, 4.69) is 0 Å². The Kier molecular flexibility index (Phi) is 4.67. The van der Waals surface area contributed by atoms with E-state index in [1.807, 2.05) is 0 Å². The molecule has 0 fully saturated rings. The minimum absolute atomic E-state index is 0.0217. The van der Waals surface area contributed by atoms with Crippen LogP contribution in [0, 0.1) is 10.1 Å². The van der Waals surface area contributed by atoms with Crippen LogP contribution in [0.25, 0.3) is 0 Å². The lowest BCUT2D eigenvalue weighted by atomic mass is 10.1. The molecule has 1 aromatic rings. The smallest absolute Gasteiger partial charge is 0.274 e. The van der Waals surface area contributed by atoms with Gasteiger partial charge in [-0.1, -0.05) is 17.7 Å². The van der Waals surface area contributed by atoms with Crippen LogP contribution in [0.1, 0.15) is 5.56 Å². The van der Waals surface area contributed by atoms with Crippen molar-refractivity contribution in [2.24, 2.45) is 0 Å². The molecule has 1 rings (SSSR count). The largest absolute Gasteiger partial charge is 0.356 e. The molecule has 0 atom stereocenters. The molecule has 0 aliphatic rings. The first-order valence-corrected chi connectivity index (χ1v) is 4.95. The van der Waals surface area contributed by atoms with E-state index < -0.39 is 11.2 Å². The Bertz CT molecular complexity index is 379. The van der Waals surface area contributed by atoms with Gasteiger partial charge in [-0.05, 0) is 6.07 Å². The van der Waals surface area contributed by atoms with Gasteiger partial charge in [0.1, 0.15) is 0 Å². The second-order valence-corrected chi connectivity index (χ2v) is 3.51. The van der Waals surface area contributed by atoms with Crippen LogP contribution in [0.5, 0.6) is 0 Å². The summed E-state index contributed by atoms with van der Waals surface area (Å²) in [6.07, 6.45) is -0.304. The fraction of sp³-hybridized carbons (Fsp3) is 0.400.